The van der Waals surface area contributed by atoms with Crippen LogP contribution in [0.25, 0.3) is 10.2 Å². The van der Waals surface area contributed by atoms with E-state index in [1.807, 2.05) is 11.0 Å². The van der Waals surface area contributed by atoms with E-state index in [4.69, 9.17) is 4.98 Å². The summed E-state index contributed by atoms with van der Waals surface area (Å²) in [7, 11) is 0. The van der Waals surface area contributed by atoms with Gasteiger partial charge in [0.15, 0.2) is 5.13 Å². The zero-order chi connectivity index (χ0) is 14.1. The lowest BCUT2D eigenvalue weighted by Crippen LogP contribution is -2.44. The summed E-state index contributed by atoms with van der Waals surface area (Å²) < 4.78 is 1.15. The number of anilines is 1. The van der Waals surface area contributed by atoms with Crippen LogP contribution < -0.4 is 4.90 Å². The van der Waals surface area contributed by atoms with Crippen molar-refractivity contribution >= 4 is 32.7 Å². The number of fused-ring (bicyclic) bond motifs is 1. The molecule has 0 amide bonds. The smallest absolute Gasteiger partial charge is 0.326 e. The average molecular weight is 290 g/mol. The van der Waals surface area contributed by atoms with Crippen LogP contribution in [0.3, 0.4) is 0 Å². The highest BCUT2D eigenvalue weighted by atomic mass is 32.1. The van der Waals surface area contributed by atoms with Crippen LogP contribution in [0.15, 0.2) is 18.2 Å². The maximum atomic E-state index is 11.4. The molecule has 106 valence electrons. The minimum atomic E-state index is -0.736. The number of nitrogens with zero attached hydrogens (tertiary/aromatic N) is 2. The van der Waals surface area contributed by atoms with Gasteiger partial charge < -0.3 is 10.0 Å². The number of aliphatic carboxylic acids is 1. The van der Waals surface area contributed by atoms with Crippen molar-refractivity contribution in [1.82, 2.24) is 4.98 Å². The molecule has 0 spiro atoms. The molecular formula is C15H18N2O2S. The van der Waals surface area contributed by atoms with Gasteiger partial charge in [0.05, 0.1) is 10.2 Å². The van der Waals surface area contributed by atoms with Crippen LogP contribution in [0.2, 0.25) is 0 Å². The van der Waals surface area contributed by atoms with E-state index in [-0.39, 0.29) is 0 Å². The Morgan fingerprint density at radius 3 is 3.10 bits per heavy atom. The van der Waals surface area contributed by atoms with Gasteiger partial charge in [0.1, 0.15) is 6.04 Å². The number of para-hydroxylation sites is 1. The van der Waals surface area contributed by atoms with Crippen LogP contribution in [-0.4, -0.2) is 28.6 Å². The minimum absolute atomic E-state index is 0.422. The van der Waals surface area contributed by atoms with Crippen molar-refractivity contribution in [2.24, 2.45) is 0 Å². The van der Waals surface area contributed by atoms with Crippen molar-refractivity contribution < 1.29 is 9.90 Å². The maximum absolute atomic E-state index is 11.4. The predicted octanol–water partition coefficient (Wildman–Crippen LogP) is 3.30. The molecule has 0 aliphatic carbocycles. The highest BCUT2D eigenvalue weighted by molar-refractivity contribution is 7.22. The first-order valence-electron chi connectivity index (χ1n) is 7.08. The number of rotatable bonds is 3. The Kier molecular flexibility index (Phi) is 3.61. The van der Waals surface area contributed by atoms with Gasteiger partial charge in [-0.2, -0.15) is 0 Å². The number of carboxylic acid groups (broad SMARTS) is 1. The maximum Gasteiger partial charge on any atom is 0.326 e. The number of aromatic nitrogens is 1. The summed E-state index contributed by atoms with van der Waals surface area (Å²) in [6, 6.07) is 5.79. The molecule has 1 saturated heterocycles. The molecule has 1 aliphatic rings. The van der Waals surface area contributed by atoms with Gasteiger partial charge in [0.2, 0.25) is 0 Å². The minimum Gasteiger partial charge on any atom is -0.480 e. The lowest BCUT2D eigenvalue weighted by atomic mass is 10.0. The fraction of sp³-hybridized carbons (Fsp3) is 0.467. The quantitative estimate of drug-likeness (QED) is 0.942. The van der Waals surface area contributed by atoms with Crippen LogP contribution in [0, 0.1) is 0 Å². The molecule has 0 radical (unpaired) electrons. The Morgan fingerprint density at radius 1 is 1.50 bits per heavy atom. The molecule has 1 fully saturated rings. The first kappa shape index (κ1) is 13.4. The summed E-state index contributed by atoms with van der Waals surface area (Å²) in [4.78, 5) is 18.1. The van der Waals surface area contributed by atoms with Crippen molar-refractivity contribution in [2.75, 3.05) is 11.4 Å². The van der Waals surface area contributed by atoms with Crippen molar-refractivity contribution in [2.45, 2.75) is 38.6 Å². The molecule has 3 rings (SSSR count). The molecule has 5 heteroatoms. The van der Waals surface area contributed by atoms with Crippen molar-refractivity contribution in [1.29, 1.82) is 0 Å². The van der Waals surface area contributed by atoms with Gasteiger partial charge >= 0.3 is 5.97 Å². The predicted molar refractivity (Wildman–Crippen MR) is 81.6 cm³/mol. The molecule has 2 aromatic rings. The van der Waals surface area contributed by atoms with Crippen LogP contribution in [0.4, 0.5) is 5.13 Å². The van der Waals surface area contributed by atoms with Crippen LogP contribution in [0.1, 0.15) is 31.7 Å². The topological polar surface area (TPSA) is 53.4 Å². The normalized spacial score (nSPS) is 19.4. The molecule has 1 aromatic carbocycles. The molecule has 4 nitrogen and oxygen atoms in total. The summed E-state index contributed by atoms with van der Waals surface area (Å²) in [5, 5.41) is 10.2. The van der Waals surface area contributed by atoms with Gasteiger partial charge in [-0.05, 0) is 37.3 Å². The number of carboxylic acids is 1. The number of hydrogen-bond acceptors (Lipinski definition) is 4. The summed E-state index contributed by atoms with van der Waals surface area (Å²) in [6.07, 6.45) is 3.69. The van der Waals surface area contributed by atoms with Gasteiger partial charge in [0, 0.05) is 6.54 Å². The SMILES string of the molecule is CCc1cccc2sc(N3CCCCC3C(=O)O)nc12. The Hall–Kier alpha value is -1.62. The second kappa shape index (κ2) is 5.40. The Bertz CT molecular complexity index is 638. The number of hydrogen-bond donors (Lipinski definition) is 1. The lowest BCUT2D eigenvalue weighted by Gasteiger charge is -2.32. The Morgan fingerprint density at radius 2 is 2.35 bits per heavy atom. The van der Waals surface area contributed by atoms with E-state index in [0.717, 1.165) is 41.2 Å². The van der Waals surface area contributed by atoms with Crippen molar-refractivity contribution in [3.8, 4) is 0 Å². The summed E-state index contributed by atoms with van der Waals surface area (Å²) in [5.74, 6) is -0.736. The van der Waals surface area contributed by atoms with E-state index in [0.29, 0.717) is 6.42 Å². The van der Waals surface area contributed by atoms with E-state index >= 15 is 0 Å². The molecule has 20 heavy (non-hydrogen) atoms. The highest BCUT2D eigenvalue weighted by Crippen LogP contribution is 2.34. The first-order valence-corrected chi connectivity index (χ1v) is 7.90. The molecular weight excluding hydrogens is 272 g/mol. The number of thiazole rings is 1. The van der Waals surface area contributed by atoms with Gasteiger partial charge in [-0.3, -0.25) is 0 Å². The molecule has 1 aliphatic heterocycles. The van der Waals surface area contributed by atoms with Crippen molar-refractivity contribution in [3.63, 3.8) is 0 Å². The van der Waals surface area contributed by atoms with Crippen molar-refractivity contribution in [3.05, 3.63) is 23.8 Å². The zero-order valence-electron chi connectivity index (χ0n) is 11.5. The lowest BCUT2D eigenvalue weighted by molar-refractivity contribution is -0.139. The number of carbonyl (C=O) groups is 1. The largest absolute Gasteiger partial charge is 0.480 e. The third-order valence-corrected chi connectivity index (χ3v) is 4.96. The first-order chi connectivity index (χ1) is 9.70. The van der Waals surface area contributed by atoms with Gasteiger partial charge in [-0.25, -0.2) is 9.78 Å². The van der Waals surface area contributed by atoms with E-state index in [1.54, 1.807) is 11.3 Å². The summed E-state index contributed by atoms with van der Waals surface area (Å²) in [6.45, 7) is 2.91. The van der Waals surface area contributed by atoms with Crippen LogP contribution >= 0.6 is 11.3 Å². The monoisotopic (exact) mass is 290 g/mol. The van der Waals surface area contributed by atoms with Gasteiger partial charge in [-0.15, -0.1) is 0 Å². The van der Waals surface area contributed by atoms with Crippen LogP contribution in [0.5, 0.6) is 0 Å². The third kappa shape index (κ3) is 2.26. The van der Waals surface area contributed by atoms with E-state index in [9.17, 15) is 9.90 Å². The molecule has 0 bridgehead atoms. The van der Waals surface area contributed by atoms with Gasteiger partial charge in [0.25, 0.3) is 0 Å². The fourth-order valence-electron chi connectivity index (χ4n) is 2.82. The van der Waals surface area contributed by atoms with Crippen LogP contribution in [-0.2, 0) is 11.2 Å². The molecule has 1 unspecified atom stereocenters. The molecule has 1 atom stereocenters. The second-order valence-corrected chi connectivity index (χ2v) is 6.17. The molecule has 1 aromatic heterocycles. The van der Waals surface area contributed by atoms with E-state index < -0.39 is 12.0 Å². The number of piperidine rings is 1. The zero-order valence-corrected chi connectivity index (χ0v) is 12.3. The number of benzene rings is 1. The Balaban J connectivity index is 2.02. The molecule has 0 saturated carbocycles. The summed E-state index contributed by atoms with van der Waals surface area (Å²) >= 11 is 1.61. The van der Waals surface area contributed by atoms with E-state index in [1.165, 1.54) is 5.56 Å². The van der Waals surface area contributed by atoms with E-state index in [2.05, 4.69) is 19.1 Å². The number of aryl methyl sites for hydroxylation is 1. The van der Waals surface area contributed by atoms with Gasteiger partial charge in [-0.1, -0.05) is 30.4 Å². The second-order valence-electron chi connectivity index (χ2n) is 5.16. The molecule has 1 N–H and O–H groups in total. The fourth-order valence-corrected chi connectivity index (χ4v) is 3.91. The Labute approximate surface area is 122 Å². The molecule has 2 heterocycles. The highest BCUT2D eigenvalue weighted by Gasteiger charge is 2.30. The summed E-state index contributed by atoms with van der Waals surface area (Å²) in [5.41, 5.74) is 2.26. The standard InChI is InChI=1S/C15H18N2O2S/c1-2-10-6-5-8-12-13(10)16-15(20-12)17-9-4-3-7-11(17)14(18)19/h5-6,8,11H,2-4,7,9H2,1H3,(H,18,19). The third-order valence-electron chi connectivity index (χ3n) is 3.91. The average Bonchev–Trinajstić information content (AvgIpc) is 2.90.